The molecule has 2 N–H and O–H groups in total. The summed E-state index contributed by atoms with van der Waals surface area (Å²) in [5.74, 6) is -1.82. The van der Waals surface area contributed by atoms with Crippen LogP contribution in [0.3, 0.4) is 0 Å². The highest BCUT2D eigenvalue weighted by Gasteiger charge is 2.33. The molecule has 2 heterocycles. The van der Waals surface area contributed by atoms with Crippen molar-refractivity contribution in [3.8, 4) is 17.3 Å². The number of ether oxygens (including phenoxy) is 1. The molecule has 1 unspecified atom stereocenters. The van der Waals surface area contributed by atoms with E-state index in [1.807, 2.05) is 0 Å². The molecule has 0 radical (unpaired) electrons. The molecule has 0 fully saturated rings. The molecule has 4 aromatic rings. The van der Waals surface area contributed by atoms with Crippen LogP contribution in [0.5, 0.6) is 5.88 Å². The van der Waals surface area contributed by atoms with Gasteiger partial charge in [0.2, 0.25) is 29.8 Å². The van der Waals surface area contributed by atoms with E-state index in [-0.39, 0.29) is 37.4 Å². The van der Waals surface area contributed by atoms with Crippen molar-refractivity contribution in [1.29, 1.82) is 0 Å². The number of benzene rings is 2. The van der Waals surface area contributed by atoms with E-state index in [2.05, 4.69) is 9.97 Å². The molecule has 2 amide bonds. The molecule has 4 rings (SSSR count). The van der Waals surface area contributed by atoms with Crippen LogP contribution in [0.2, 0.25) is 0 Å². The highest BCUT2D eigenvalue weighted by molar-refractivity contribution is 6.40. The minimum Gasteiger partial charge on any atom is -0.478 e. The number of amides is 2. The van der Waals surface area contributed by atoms with Crippen LogP contribution in [-0.4, -0.2) is 51.1 Å². The number of pyridine rings is 1. The van der Waals surface area contributed by atoms with Gasteiger partial charge in [0.05, 0.1) is 12.8 Å². The van der Waals surface area contributed by atoms with Crippen molar-refractivity contribution in [2.24, 2.45) is 5.73 Å². The monoisotopic (exact) mass is 567 g/mol. The lowest BCUT2D eigenvalue weighted by Gasteiger charge is -2.27. The molecule has 214 valence electrons. The van der Waals surface area contributed by atoms with Crippen LogP contribution in [-0.2, 0) is 32.1 Å². The lowest BCUT2D eigenvalue weighted by Crippen LogP contribution is -2.48. The average molecular weight is 568 g/mol. The lowest BCUT2D eigenvalue weighted by molar-refractivity contribution is -0.137. The zero-order valence-electron chi connectivity index (χ0n) is 22.7. The van der Waals surface area contributed by atoms with Crippen molar-refractivity contribution in [3.63, 3.8) is 0 Å². The fraction of sp³-hybridized carbons (Fsp3) is 0.194. The predicted octanol–water partition coefficient (Wildman–Crippen LogP) is 2.36. The molecule has 11 heteroatoms. The maximum Gasteiger partial charge on any atom is 0.278 e. The molecule has 0 saturated carbocycles. The molecule has 0 aliphatic heterocycles. The van der Waals surface area contributed by atoms with E-state index >= 15 is 0 Å². The highest BCUT2D eigenvalue weighted by Crippen LogP contribution is 2.20. The number of nitrogens with two attached hydrogens (primary N) is 1. The van der Waals surface area contributed by atoms with E-state index in [1.54, 1.807) is 85.1 Å². The van der Waals surface area contributed by atoms with Crippen LogP contribution in [0, 0.1) is 0 Å². The summed E-state index contributed by atoms with van der Waals surface area (Å²) in [6.07, 6.45) is 3.11. The lowest BCUT2D eigenvalue weighted by atomic mass is 9.96. The fourth-order valence-corrected chi connectivity index (χ4v) is 4.38. The number of hydrogen-bond acceptors (Lipinski definition) is 8. The van der Waals surface area contributed by atoms with Crippen molar-refractivity contribution in [3.05, 3.63) is 107 Å². The molecule has 2 aromatic heterocycles. The Hall–Kier alpha value is -5.45. The Morgan fingerprint density at radius 1 is 0.952 bits per heavy atom. The number of hydrogen-bond donors (Lipinski definition) is 1. The molecule has 11 nitrogen and oxygen atoms in total. The molecule has 0 aliphatic rings. The maximum absolute atomic E-state index is 13.7. The summed E-state index contributed by atoms with van der Waals surface area (Å²) in [5, 5.41) is 0. The van der Waals surface area contributed by atoms with Crippen molar-refractivity contribution in [1.82, 2.24) is 14.5 Å². The summed E-state index contributed by atoms with van der Waals surface area (Å²) in [6.45, 7) is -0.359. The van der Waals surface area contributed by atoms with E-state index in [9.17, 15) is 24.0 Å². The molecule has 0 saturated heterocycles. The topological polar surface area (TPSA) is 155 Å². The first-order chi connectivity index (χ1) is 20.4. The van der Waals surface area contributed by atoms with E-state index < -0.39 is 35.6 Å². The van der Waals surface area contributed by atoms with E-state index in [4.69, 9.17) is 10.5 Å². The number of primary amides is 1. The molecule has 42 heavy (non-hydrogen) atoms. The first-order valence-electron chi connectivity index (χ1n) is 13.2. The van der Waals surface area contributed by atoms with Gasteiger partial charge in [0, 0.05) is 30.7 Å². The molecular formula is C31H29N5O6. The first-order valence-corrected chi connectivity index (χ1v) is 13.2. The summed E-state index contributed by atoms with van der Waals surface area (Å²) in [5.41, 5.74) is 5.59. The molecular weight excluding hydrogens is 538 g/mol. The summed E-state index contributed by atoms with van der Waals surface area (Å²) in [7, 11) is 0. The second kappa shape index (κ2) is 14.3. The van der Waals surface area contributed by atoms with Crippen molar-refractivity contribution < 1.29 is 23.9 Å². The first kappa shape index (κ1) is 29.5. The third kappa shape index (κ3) is 7.39. The van der Waals surface area contributed by atoms with Crippen molar-refractivity contribution in [2.45, 2.75) is 31.8 Å². The van der Waals surface area contributed by atoms with Crippen LogP contribution in [0.15, 0.2) is 96.1 Å². The SMILES string of the molecule is NC(=O)Cn1c(-c2ccccc2)ncc(N(C=O)C(Cc2ccccc2)C(=O)C(=O)CCCOc2ccccn2)c1=O. The zero-order valence-corrected chi connectivity index (χ0v) is 22.7. The van der Waals surface area contributed by atoms with Gasteiger partial charge in [0.25, 0.3) is 5.56 Å². The van der Waals surface area contributed by atoms with E-state index in [0.29, 0.717) is 23.4 Å². The van der Waals surface area contributed by atoms with Crippen molar-refractivity contribution in [2.75, 3.05) is 11.5 Å². The summed E-state index contributed by atoms with van der Waals surface area (Å²) >= 11 is 0. The number of ketones is 2. The van der Waals surface area contributed by atoms with Gasteiger partial charge in [-0.15, -0.1) is 0 Å². The molecule has 1 atom stereocenters. The normalized spacial score (nSPS) is 11.3. The summed E-state index contributed by atoms with van der Waals surface area (Å²) < 4.78 is 6.55. The van der Waals surface area contributed by atoms with Gasteiger partial charge in [-0.3, -0.25) is 33.4 Å². The Bertz CT molecular complexity index is 1590. The predicted molar refractivity (Wildman–Crippen MR) is 155 cm³/mol. The van der Waals surface area contributed by atoms with Gasteiger partial charge in [-0.25, -0.2) is 9.97 Å². The number of aromatic nitrogens is 3. The Kier molecular flexibility index (Phi) is 10.0. The molecule has 2 aromatic carbocycles. The van der Waals surface area contributed by atoms with E-state index in [0.717, 1.165) is 15.7 Å². The van der Waals surface area contributed by atoms with Gasteiger partial charge in [0.15, 0.2) is 0 Å². The number of anilines is 1. The second-order valence-electron chi connectivity index (χ2n) is 9.32. The summed E-state index contributed by atoms with van der Waals surface area (Å²) in [6, 6.07) is 21.3. The number of rotatable bonds is 15. The average Bonchev–Trinajstić information content (AvgIpc) is 3.01. The molecule has 0 bridgehead atoms. The van der Waals surface area contributed by atoms with Crippen LogP contribution in [0.25, 0.3) is 11.4 Å². The quantitative estimate of drug-likeness (QED) is 0.130. The van der Waals surface area contributed by atoms with Crippen LogP contribution >= 0.6 is 0 Å². The van der Waals surface area contributed by atoms with Gasteiger partial charge >= 0.3 is 0 Å². The standard InChI is InChI=1S/C31H29N5O6/c32-27(39)20-35-30(23-12-5-2-6-13-23)34-19-25(31(35)41)36(21-37)24(18-22-10-3-1-4-11-22)29(40)26(38)14-9-17-42-28-15-7-8-16-33-28/h1-8,10-13,15-16,19,21,24H,9,14,17-18,20H2,(H2,32,39). The number of carbonyl (C=O) groups excluding carboxylic acids is 4. The minimum atomic E-state index is -1.34. The van der Waals surface area contributed by atoms with Crippen LogP contribution in [0.4, 0.5) is 5.69 Å². The third-order valence-corrected chi connectivity index (χ3v) is 6.39. The molecule has 0 aliphatic carbocycles. The van der Waals surface area contributed by atoms with Gasteiger partial charge in [-0.05, 0) is 18.1 Å². The minimum absolute atomic E-state index is 0.0374. The second-order valence-corrected chi connectivity index (χ2v) is 9.32. The third-order valence-electron chi connectivity index (χ3n) is 6.39. The number of carbonyl (C=O) groups is 4. The van der Waals surface area contributed by atoms with Gasteiger partial charge in [-0.2, -0.15) is 0 Å². The highest BCUT2D eigenvalue weighted by atomic mass is 16.5. The van der Waals surface area contributed by atoms with Crippen molar-refractivity contribution >= 4 is 29.6 Å². The fourth-order valence-electron chi connectivity index (χ4n) is 4.38. The Morgan fingerprint density at radius 3 is 2.29 bits per heavy atom. The zero-order chi connectivity index (χ0) is 29.9. The van der Waals surface area contributed by atoms with Gasteiger partial charge < -0.3 is 10.5 Å². The van der Waals surface area contributed by atoms with Gasteiger partial charge in [-0.1, -0.05) is 66.7 Å². The Balaban J connectivity index is 1.64. The molecule has 0 spiro atoms. The smallest absolute Gasteiger partial charge is 0.278 e. The Morgan fingerprint density at radius 2 is 1.64 bits per heavy atom. The number of Topliss-reactive ketones (excluding diaryl/α,β-unsaturated/α-hetero) is 2. The Labute approximate surface area is 241 Å². The largest absolute Gasteiger partial charge is 0.478 e. The van der Waals surface area contributed by atoms with Crippen LogP contribution < -0.4 is 20.9 Å². The number of nitrogens with zero attached hydrogens (tertiary/aromatic N) is 4. The van der Waals surface area contributed by atoms with Gasteiger partial charge in [0.1, 0.15) is 24.1 Å². The summed E-state index contributed by atoms with van der Waals surface area (Å²) in [4.78, 5) is 74.0. The maximum atomic E-state index is 13.7. The van der Waals surface area contributed by atoms with Crippen LogP contribution in [0.1, 0.15) is 18.4 Å². The van der Waals surface area contributed by atoms with E-state index in [1.165, 1.54) is 0 Å².